The van der Waals surface area contributed by atoms with Crippen LogP contribution in [0.25, 0.3) is 0 Å². The Labute approximate surface area is 160 Å². The quantitative estimate of drug-likeness (QED) is 0.653. The molecule has 0 aromatic heterocycles. The van der Waals surface area contributed by atoms with E-state index in [9.17, 15) is 0 Å². The third-order valence-corrected chi connectivity index (χ3v) is 6.41. The molecule has 2 aliphatic rings. The molecule has 0 N–H and O–H groups in total. The van der Waals surface area contributed by atoms with Gasteiger partial charge >= 0.3 is 0 Å². The molecule has 26 heavy (non-hydrogen) atoms. The summed E-state index contributed by atoms with van der Waals surface area (Å²) in [6.07, 6.45) is 9.17. The zero-order valence-corrected chi connectivity index (χ0v) is 17.1. The Kier molecular flexibility index (Phi) is 7.39. The fourth-order valence-electron chi connectivity index (χ4n) is 4.73. The first-order valence-electron chi connectivity index (χ1n) is 10.7. The summed E-state index contributed by atoms with van der Waals surface area (Å²) in [5.74, 6) is 2.63. The Morgan fingerprint density at radius 2 is 1.77 bits per heavy atom. The summed E-state index contributed by atoms with van der Waals surface area (Å²) in [5.41, 5.74) is 1.50. The SMILES string of the molecule is C[C@H]1CCCN(CCCOc2ccc(C3CCC(N(C)C)CC3)cc2)C1. The van der Waals surface area contributed by atoms with Crippen LogP contribution in [0.1, 0.15) is 63.4 Å². The predicted molar refractivity (Wildman–Crippen MR) is 110 cm³/mol. The minimum absolute atomic E-state index is 0.737. The van der Waals surface area contributed by atoms with E-state index in [0.29, 0.717) is 0 Å². The van der Waals surface area contributed by atoms with Gasteiger partial charge in [-0.2, -0.15) is 0 Å². The molecular formula is C23H38N2O. The molecular weight excluding hydrogens is 320 g/mol. The average molecular weight is 359 g/mol. The van der Waals surface area contributed by atoms with Crippen molar-refractivity contribution in [2.75, 3.05) is 40.3 Å². The molecule has 0 bridgehead atoms. The van der Waals surface area contributed by atoms with Crippen LogP contribution in [0, 0.1) is 5.92 Å². The third-order valence-electron chi connectivity index (χ3n) is 6.41. The molecule has 1 aliphatic heterocycles. The Hall–Kier alpha value is -1.06. The summed E-state index contributed by atoms with van der Waals surface area (Å²) in [6.45, 7) is 6.92. The minimum Gasteiger partial charge on any atom is -0.494 e. The maximum Gasteiger partial charge on any atom is 0.119 e. The van der Waals surface area contributed by atoms with Crippen molar-refractivity contribution in [2.45, 2.75) is 63.8 Å². The minimum atomic E-state index is 0.737. The zero-order chi connectivity index (χ0) is 18.4. The summed E-state index contributed by atoms with van der Waals surface area (Å²) in [6, 6.07) is 9.72. The molecule has 146 valence electrons. The van der Waals surface area contributed by atoms with E-state index >= 15 is 0 Å². The number of ether oxygens (including phenoxy) is 1. The van der Waals surface area contributed by atoms with Crippen LogP contribution in [0.4, 0.5) is 0 Å². The average Bonchev–Trinajstić information content (AvgIpc) is 2.66. The van der Waals surface area contributed by atoms with Gasteiger partial charge < -0.3 is 14.5 Å². The highest BCUT2D eigenvalue weighted by molar-refractivity contribution is 5.29. The van der Waals surface area contributed by atoms with Gasteiger partial charge in [0.05, 0.1) is 6.61 Å². The first kappa shape index (κ1) is 19.7. The van der Waals surface area contributed by atoms with Crippen LogP contribution < -0.4 is 4.74 Å². The molecule has 1 saturated carbocycles. The maximum absolute atomic E-state index is 5.98. The Morgan fingerprint density at radius 3 is 2.42 bits per heavy atom. The van der Waals surface area contributed by atoms with Crippen molar-refractivity contribution in [2.24, 2.45) is 5.92 Å². The number of nitrogens with zero attached hydrogens (tertiary/aromatic N) is 2. The molecule has 0 amide bonds. The second-order valence-corrected chi connectivity index (χ2v) is 8.79. The van der Waals surface area contributed by atoms with E-state index in [2.05, 4.69) is 55.1 Å². The zero-order valence-electron chi connectivity index (χ0n) is 17.1. The lowest BCUT2D eigenvalue weighted by Gasteiger charge is -2.32. The topological polar surface area (TPSA) is 15.7 Å². The van der Waals surface area contributed by atoms with Crippen LogP contribution in [-0.4, -0.2) is 56.2 Å². The van der Waals surface area contributed by atoms with Crippen molar-refractivity contribution in [1.82, 2.24) is 9.80 Å². The first-order valence-corrected chi connectivity index (χ1v) is 10.7. The lowest BCUT2D eigenvalue weighted by molar-refractivity contribution is 0.170. The third kappa shape index (κ3) is 5.72. The number of hydrogen-bond acceptors (Lipinski definition) is 3. The van der Waals surface area contributed by atoms with Gasteiger partial charge in [-0.05, 0) is 95.1 Å². The molecule has 3 heteroatoms. The molecule has 1 saturated heterocycles. The number of piperidine rings is 1. The van der Waals surface area contributed by atoms with E-state index in [0.717, 1.165) is 36.7 Å². The second-order valence-electron chi connectivity index (χ2n) is 8.79. The van der Waals surface area contributed by atoms with E-state index < -0.39 is 0 Å². The highest BCUT2D eigenvalue weighted by Gasteiger charge is 2.23. The molecule has 1 aliphatic carbocycles. The van der Waals surface area contributed by atoms with Crippen LogP contribution in [0.15, 0.2) is 24.3 Å². The molecule has 0 radical (unpaired) electrons. The Balaban J connectivity index is 1.37. The van der Waals surface area contributed by atoms with Gasteiger partial charge in [0.1, 0.15) is 5.75 Å². The summed E-state index contributed by atoms with van der Waals surface area (Å²) >= 11 is 0. The molecule has 2 fully saturated rings. The van der Waals surface area contributed by atoms with Crippen molar-refractivity contribution in [3.05, 3.63) is 29.8 Å². The van der Waals surface area contributed by atoms with Crippen LogP contribution in [0.2, 0.25) is 0 Å². The van der Waals surface area contributed by atoms with Crippen molar-refractivity contribution < 1.29 is 4.74 Å². The fraction of sp³-hybridized carbons (Fsp3) is 0.739. The van der Waals surface area contributed by atoms with Gasteiger partial charge in [-0.1, -0.05) is 19.1 Å². The second kappa shape index (κ2) is 9.75. The van der Waals surface area contributed by atoms with Crippen LogP contribution in [0.3, 0.4) is 0 Å². The van der Waals surface area contributed by atoms with E-state index in [1.54, 1.807) is 0 Å². The largest absolute Gasteiger partial charge is 0.494 e. The van der Waals surface area contributed by atoms with Crippen molar-refractivity contribution in [3.63, 3.8) is 0 Å². The monoisotopic (exact) mass is 358 g/mol. The van der Waals surface area contributed by atoms with Crippen molar-refractivity contribution >= 4 is 0 Å². The lowest BCUT2D eigenvalue weighted by Crippen LogP contribution is -2.35. The molecule has 0 unspecified atom stereocenters. The van der Waals surface area contributed by atoms with Gasteiger partial charge in [-0.15, -0.1) is 0 Å². The molecule has 1 atom stereocenters. The highest BCUT2D eigenvalue weighted by atomic mass is 16.5. The summed E-state index contributed by atoms with van der Waals surface area (Å²) < 4.78 is 5.98. The standard InChI is InChI=1S/C23H38N2O/c1-19-6-4-15-25(18-19)16-5-17-26-23-13-9-21(10-14-23)20-7-11-22(12-8-20)24(2)3/h9-10,13-14,19-20,22H,4-8,11-12,15-18H2,1-3H3/t19-,20?,22?/m0/s1. The number of benzene rings is 1. The predicted octanol–water partition coefficient (Wildman–Crippen LogP) is 4.78. The van der Waals surface area contributed by atoms with Gasteiger partial charge in [-0.25, -0.2) is 0 Å². The molecule has 3 rings (SSSR count). The first-order chi connectivity index (χ1) is 12.6. The summed E-state index contributed by atoms with van der Waals surface area (Å²) in [7, 11) is 4.42. The molecule has 0 spiro atoms. The van der Waals surface area contributed by atoms with Gasteiger partial charge in [0, 0.05) is 19.1 Å². The molecule has 1 aromatic rings. The van der Waals surface area contributed by atoms with Gasteiger partial charge in [-0.3, -0.25) is 0 Å². The normalized spacial score (nSPS) is 27.6. The Morgan fingerprint density at radius 1 is 1.04 bits per heavy atom. The number of hydrogen-bond donors (Lipinski definition) is 0. The van der Waals surface area contributed by atoms with Crippen molar-refractivity contribution in [3.8, 4) is 5.75 Å². The Bertz CT molecular complexity index is 520. The van der Waals surface area contributed by atoms with E-state index in [1.807, 2.05) is 0 Å². The maximum atomic E-state index is 5.98. The molecule has 3 nitrogen and oxygen atoms in total. The van der Waals surface area contributed by atoms with E-state index in [-0.39, 0.29) is 0 Å². The van der Waals surface area contributed by atoms with Crippen LogP contribution >= 0.6 is 0 Å². The lowest BCUT2D eigenvalue weighted by atomic mass is 9.81. The molecule has 1 aromatic carbocycles. The van der Waals surface area contributed by atoms with Crippen LogP contribution in [-0.2, 0) is 0 Å². The summed E-state index contributed by atoms with van der Waals surface area (Å²) in [5, 5.41) is 0. The van der Waals surface area contributed by atoms with Gasteiger partial charge in [0.25, 0.3) is 0 Å². The smallest absolute Gasteiger partial charge is 0.119 e. The van der Waals surface area contributed by atoms with Gasteiger partial charge in [0.15, 0.2) is 0 Å². The molecule has 1 heterocycles. The highest BCUT2D eigenvalue weighted by Crippen LogP contribution is 2.34. The number of rotatable bonds is 7. The van der Waals surface area contributed by atoms with E-state index in [4.69, 9.17) is 4.74 Å². The van der Waals surface area contributed by atoms with Crippen molar-refractivity contribution in [1.29, 1.82) is 0 Å². The fourth-order valence-corrected chi connectivity index (χ4v) is 4.73. The number of likely N-dealkylation sites (tertiary alicyclic amines) is 1. The van der Waals surface area contributed by atoms with Crippen LogP contribution in [0.5, 0.6) is 5.75 Å². The summed E-state index contributed by atoms with van der Waals surface area (Å²) in [4.78, 5) is 4.99. The van der Waals surface area contributed by atoms with Gasteiger partial charge in [0.2, 0.25) is 0 Å². The van der Waals surface area contributed by atoms with E-state index in [1.165, 1.54) is 63.7 Å².